The maximum Gasteiger partial charge on any atom is 0.347 e. The number of pyridine rings is 1. The summed E-state index contributed by atoms with van der Waals surface area (Å²) < 4.78 is 2.40. The molecule has 0 amide bonds. The van der Waals surface area contributed by atoms with Crippen LogP contribution < -0.4 is 0 Å². The first-order valence-corrected chi connectivity index (χ1v) is 4.53. The number of halogens is 1. The highest BCUT2D eigenvalue weighted by Gasteiger charge is 2.12. The van der Waals surface area contributed by atoms with E-state index in [4.69, 9.17) is 0 Å². The molecule has 0 bridgehead atoms. The van der Waals surface area contributed by atoms with Crippen molar-refractivity contribution < 1.29 is 4.92 Å². The Kier molecular flexibility index (Phi) is 1.91. The van der Waals surface area contributed by atoms with E-state index in [1.807, 2.05) is 6.07 Å². The van der Waals surface area contributed by atoms with Crippen molar-refractivity contribution in [1.82, 2.24) is 9.38 Å². The number of nitrogens with zero attached hydrogens (tertiary/aromatic N) is 3. The molecule has 0 aliphatic rings. The Labute approximate surface area is 86.7 Å². The van der Waals surface area contributed by atoms with Gasteiger partial charge in [0.15, 0.2) is 0 Å². The standard InChI is InChI=1S/C7H4IN3O2/c8-5-1-2-6-9-3-7(11(12)13)10(6)4-5/h1-4H. The van der Waals surface area contributed by atoms with Gasteiger partial charge in [0.25, 0.3) is 0 Å². The van der Waals surface area contributed by atoms with Crippen molar-refractivity contribution in [3.05, 3.63) is 38.2 Å². The molecular formula is C7H4IN3O2. The normalized spacial score (nSPS) is 10.5. The molecule has 0 saturated heterocycles. The fourth-order valence-electron chi connectivity index (χ4n) is 1.08. The van der Waals surface area contributed by atoms with Crippen molar-refractivity contribution in [3.8, 4) is 0 Å². The topological polar surface area (TPSA) is 60.4 Å². The number of aromatic nitrogens is 2. The number of imidazole rings is 1. The Morgan fingerprint density at radius 2 is 2.31 bits per heavy atom. The Morgan fingerprint density at radius 3 is 3.00 bits per heavy atom. The molecule has 2 aromatic rings. The third-order valence-corrected chi connectivity index (χ3v) is 2.28. The highest BCUT2D eigenvalue weighted by molar-refractivity contribution is 14.1. The SMILES string of the molecule is O=[N+]([O-])c1cnc2ccc(I)cn12. The minimum Gasteiger partial charge on any atom is -0.358 e. The van der Waals surface area contributed by atoms with E-state index in [2.05, 4.69) is 27.6 Å². The van der Waals surface area contributed by atoms with Crippen LogP contribution in [0.4, 0.5) is 5.82 Å². The molecule has 66 valence electrons. The van der Waals surface area contributed by atoms with E-state index in [1.54, 1.807) is 12.3 Å². The molecule has 0 aliphatic heterocycles. The second-order valence-electron chi connectivity index (χ2n) is 2.45. The van der Waals surface area contributed by atoms with Gasteiger partial charge < -0.3 is 10.1 Å². The van der Waals surface area contributed by atoms with Crippen LogP contribution in [0.2, 0.25) is 0 Å². The third-order valence-electron chi connectivity index (χ3n) is 1.64. The minimum atomic E-state index is -0.448. The number of rotatable bonds is 1. The van der Waals surface area contributed by atoms with Crippen LogP contribution in [0.3, 0.4) is 0 Å². The summed E-state index contributed by atoms with van der Waals surface area (Å²) in [4.78, 5) is 14.0. The lowest BCUT2D eigenvalue weighted by Crippen LogP contribution is -1.93. The summed E-state index contributed by atoms with van der Waals surface area (Å²) in [7, 11) is 0. The summed E-state index contributed by atoms with van der Waals surface area (Å²) in [6, 6.07) is 3.60. The Bertz CT molecular complexity index is 480. The number of hydrogen-bond donors (Lipinski definition) is 0. The van der Waals surface area contributed by atoms with Gasteiger partial charge in [-0.05, 0) is 33.6 Å². The van der Waals surface area contributed by atoms with Gasteiger partial charge in [0, 0.05) is 6.07 Å². The molecule has 0 saturated carbocycles. The molecule has 5 nitrogen and oxygen atoms in total. The predicted molar refractivity (Wildman–Crippen MR) is 54.6 cm³/mol. The van der Waals surface area contributed by atoms with E-state index in [9.17, 15) is 10.1 Å². The highest BCUT2D eigenvalue weighted by atomic mass is 127. The Balaban J connectivity index is 2.79. The zero-order chi connectivity index (χ0) is 9.42. The number of nitro groups is 1. The minimum absolute atomic E-state index is 0.00600. The lowest BCUT2D eigenvalue weighted by Gasteiger charge is -1.92. The van der Waals surface area contributed by atoms with Crippen LogP contribution in [0.1, 0.15) is 0 Å². The van der Waals surface area contributed by atoms with Crippen molar-refractivity contribution in [2.75, 3.05) is 0 Å². The summed E-state index contributed by atoms with van der Waals surface area (Å²) in [5, 5.41) is 10.5. The molecule has 2 heterocycles. The van der Waals surface area contributed by atoms with Gasteiger partial charge >= 0.3 is 5.82 Å². The molecule has 6 heteroatoms. The van der Waals surface area contributed by atoms with E-state index >= 15 is 0 Å². The fraction of sp³-hybridized carbons (Fsp3) is 0. The van der Waals surface area contributed by atoms with Crippen molar-refractivity contribution in [2.24, 2.45) is 0 Å². The van der Waals surface area contributed by atoms with Crippen LogP contribution in [-0.4, -0.2) is 14.3 Å². The quantitative estimate of drug-likeness (QED) is 0.457. The summed E-state index contributed by atoms with van der Waals surface area (Å²) >= 11 is 2.09. The third kappa shape index (κ3) is 1.37. The summed E-state index contributed by atoms with van der Waals surface area (Å²) in [5.74, 6) is -0.00600. The summed E-state index contributed by atoms with van der Waals surface area (Å²) in [5.41, 5.74) is 0.590. The highest BCUT2D eigenvalue weighted by Crippen LogP contribution is 2.15. The van der Waals surface area contributed by atoms with Crippen LogP contribution in [-0.2, 0) is 0 Å². The van der Waals surface area contributed by atoms with Gasteiger partial charge in [-0.1, -0.05) is 0 Å². The number of hydrogen-bond acceptors (Lipinski definition) is 3. The summed E-state index contributed by atoms with van der Waals surface area (Å²) in [6.07, 6.45) is 2.94. The van der Waals surface area contributed by atoms with Gasteiger partial charge in [0.1, 0.15) is 12.4 Å². The van der Waals surface area contributed by atoms with Crippen molar-refractivity contribution in [2.45, 2.75) is 0 Å². The number of fused-ring (bicyclic) bond motifs is 1. The van der Waals surface area contributed by atoms with Crippen LogP contribution in [0.25, 0.3) is 5.65 Å². The first-order chi connectivity index (χ1) is 6.18. The van der Waals surface area contributed by atoms with Crippen LogP contribution in [0.15, 0.2) is 24.5 Å². The van der Waals surface area contributed by atoms with Gasteiger partial charge in [0.05, 0.1) is 3.57 Å². The van der Waals surface area contributed by atoms with E-state index in [0.29, 0.717) is 5.65 Å². The fourth-order valence-corrected chi connectivity index (χ4v) is 1.54. The van der Waals surface area contributed by atoms with E-state index in [-0.39, 0.29) is 5.82 Å². The maximum absolute atomic E-state index is 10.5. The van der Waals surface area contributed by atoms with Crippen LogP contribution >= 0.6 is 22.6 Å². The van der Waals surface area contributed by atoms with Gasteiger partial charge in [-0.2, -0.15) is 4.40 Å². The van der Waals surface area contributed by atoms with Gasteiger partial charge in [-0.15, -0.1) is 0 Å². The van der Waals surface area contributed by atoms with Crippen molar-refractivity contribution >= 4 is 34.1 Å². The zero-order valence-corrected chi connectivity index (χ0v) is 8.50. The summed E-state index contributed by atoms with van der Waals surface area (Å²) in [6.45, 7) is 0. The first kappa shape index (κ1) is 8.42. The average molecular weight is 289 g/mol. The van der Waals surface area contributed by atoms with Gasteiger partial charge in [0.2, 0.25) is 5.65 Å². The zero-order valence-electron chi connectivity index (χ0n) is 6.35. The Morgan fingerprint density at radius 1 is 1.54 bits per heavy atom. The molecule has 0 aliphatic carbocycles. The second kappa shape index (κ2) is 2.95. The van der Waals surface area contributed by atoms with E-state index in [1.165, 1.54) is 10.6 Å². The second-order valence-corrected chi connectivity index (χ2v) is 3.69. The molecule has 0 atom stereocenters. The largest absolute Gasteiger partial charge is 0.358 e. The Hall–Kier alpha value is -1.18. The first-order valence-electron chi connectivity index (χ1n) is 3.45. The molecule has 0 N–H and O–H groups in total. The molecular weight excluding hydrogens is 285 g/mol. The molecule has 2 aromatic heterocycles. The van der Waals surface area contributed by atoms with E-state index < -0.39 is 4.92 Å². The van der Waals surface area contributed by atoms with E-state index in [0.717, 1.165) is 3.57 Å². The van der Waals surface area contributed by atoms with Crippen LogP contribution in [0.5, 0.6) is 0 Å². The van der Waals surface area contributed by atoms with Crippen molar-refractivity contribution in [3.63, 3.8) is 0 Å². The predicted octanol–water partition coefficient (Wildman–Crippen LogP) is 1.85. The lowest BCUT2D eigenvalue weighted by molar-refractivity contribution is -0.390. The monoisotopic (exact) mass is 289 g/mol. The maximum atomic E-state index is 10.5. The molecule has 2 rings (SSSR count). The smallest absolute Gasteiger partial charge is 0.347 e. The van der Waals surface area contributed by atoms with Crippen molar-refractivity contribution in [1.29, 1.82) is 0 Å². The lowest BCUT2D eigenvalue weighted by atomic mass is 10.5. The molecule has 0 aromatic carbocycles. The molecule has 0 radical (unpaired) electrons. The molecule has 0 spiro atoms. The van der Waals surface area contributed by atoms with Gasteiger partial charge in [-0.3, -0.25) is 0 Å². The van der Waals surface area contributed by atoms with Crippen LogP contribution in [0, 0.1) is 13.7 Å². The molecule has 13 heavy (non-hydrogen) atoms. The molecule has 0 unspecified atom stereocenters. The molecule has 0 fully saturated rings. The average Bonchev–Trinajstić information content (AvgIpc) is 2.46. The van der Waals surface area contributed by atoms with Gasteiger partial charge in [-0.25, -0.2) is 4.98 Å².